The normalized spacial score (nSPS) is 31.1. The standard InChI is InChI=1S/C14H18O/c1-2-11-8-9-13(10-14(11)15)12-6-4-3-5-7-12/h2-7,11,13-15H,1,8-10H2/t11-,13-,14+/m1/s1. The third kappa shape index (κ3) is 2.29. The lowest BCUT2D eigenvalue weighted by molar-refractivity contribution is 0.0829. The van der Waals surface area contributed by atoms with Gasteiger partial charge in [0.05, 0.1) is 6.10 Å². The van der Waals surface area contributed by atoms with E-state index in [1.807, 2.05) is 12.1 Å². The van der Waals surface area contributed by atoms with Gasteiger partial charge >= 0.3 is 0 Å². The van der Waals surface area contributed by atoms with Crippen LogP contribution in [-0.2, 0) is 0 Å². The number of aliphatic hydroxyl groups is 1. The first-order valence-corrected chi connectivity index (χ1v) is 5.67. The van der Waals surface area contributed by atoms with Crippen LogP contribution >= 0.6 is 0 Å². The quantitative estimate of drug-likeness (QED) is 0.730. The van der Waals surface area contributed by atoms with Gasteiger partial charge < -0.3 is 5.11 Å². The van der Waals surface area contributed by atoms with E-state index in [0.717, 1.165) is 19.3 Å². The molecule has 1 aliphatic carbocycles. The van der Waals surface area contributed by atoms with E-state index in [2.05, 4.69) is 30.8 Å². The van der Waals surface area contributed by atoms with Crippen LogP contribution in [0.4, 0.5) is 0 Å². The molecule has 1 aromatic rings. The van der Waals surface area contributed by atoms with Crippen molar-refractivity contribution in [1.82, 2.24) is 0 Å². The lowest BCUT2D eigenvalue weighted by Crippen LogP contribution is -2.26. The molecule has 0 amide bonds. The molecule has 1 aromatic carbocycles. The fourth-order valence-electron chi connectivity index (χ4n) is 2.47. The summed E-state index contributed by atoms with van der Waals surface area (Å²) in [6.45, 7) is 3.77. The Kier molecular flexibility index (Phi) is 3.22. The maximum atomic E-state index is 9.93. The van der Waals surface area contributed by atoms with Crippen molar-refractivity contribution in [2.45, 2.75) is 31.3 Å². The molecule has 0 radical (unpaired) electrons. The van der Waals surface area contributed by atoms with Crippen LogP contribution in [0.1, 0.15) is 30.7 Å². The summed E-state index contributed by atoms with van der Waals surface area (Å²) >= 11 is 0. The van der Waals surface area contributed by atoms with Crippen molar-refractivity contribution in [1.29, 1.82) is 0 Å². The molecule has 0 heterocycles. The monoisotopic (exact) mass is 202 g/mol. The van der Waals surface area contributed by atoms with Gasteiger partial charge in [0.15, 0.2) is 0 Å². The van der Waals surface area contributed by atoms with Crippen molar-refractivity contribution in [3.05, 3.63) is 48.6 Å². The molecule has 15 heavy (non-hydrogen) atoms. The summed E-state index contributed by atoms with van der Waals surface area (Å²) in [4.78, 5) is 0. The zero-order valence-corrected chi connectivity index (χ0v) is 8.97. The van der Waals surface area contributed by atoms with E-state index < -0.39 is 0 Å². The van der Waals surface area contributed by atoms with Crippen LogP contribution in [0.5, 0.6) is 0 Å². The van der Waals surface area contributed by atoms with Gasteiger partial charge in [-0.25, -0.2) is 0 Å². The lowest BCUT2D eigenvalue weighted by atomic mass is 9.77. The van der Waals surface area contributed by atoms with Gasteiger partial charge in [0.25, 0.3) is 0 Å². The third-order valence-electron chi connectivity index (χ3n) is 3.44. The molecule has 0 unspecified atom stereocenters. The molecule has 3 atom stereocenters. The highest BCUT2D eigenvalue weighted by Gasteiger charge is 2.27. The summed E-state index contributed by atoms with van der Waals surface area (Å²) < 4.78 is 0. The minimum absolute atomic E-state index is 0.207. The Morgan fingerprint density at radius 2 is 1.93 bits per heavy atom. The van der Waals surface area contributed by atoms with Gasteiger partial charge in [-0.2, -0.15) is 0 Å². The van der Waals surface area contributed by atoms with Gasteiger partial charge in [0, 0.05) is 5.92 Å². The number of rotatable bonds is 2. The predicted molar refractivity (Wildman–Crippen MR) is 62.7 cm³/mol. The first-order chi connectivity index (χ1) is 7.31. The van der Waals surface area contributed by atoms with Crippen LogP contribution in [0.2, 0.25) is 0 Å². The van der Waals surface area contributed by atoms with Crippen molar-refractivity contribution < 1.29 is 5.11 Å². The second kappa shape index (κ2) is 4.63. The predicted octanol–water partition coefficient (Wildman–Crippen LogP) is 3.12. The van der Waals surface area contributed by atoms with Crippen LogP contribution in [0.15, 0.2) is 43.0 Å². The Bertz CT molecular complexity index is 317. The zero-order valence-electron chi connectivity index (χ0n) is 8.97. The molecule has 1 N–H and O–H groups in total. The van der Waals surface area contributed by atoms with Crippen molar-refractivity contribution >= 4 is 0 Å². The van der Waals surface area contributed by atoms with Crippen LogP contribution in [0.25, 0.3) is 0 Å². The second-order valence-electron chi connectivity index (χ2n) is 4.39. The third-order valence-corrected chi connectivity index (χ3v) is 3.44. The van der Waals surface area contributed by atoms with Gasteiger partial charge in [-0.3, -0.25) is 0 Å². The Hall–Kier alpha value is -1.08. The SMILES string of the molecule is C=C[C@@H]1CC[C@@H](c2ccccc2)C[C@@H]1O. The summed E-state index contributed by atoms with van der Waals surface area (Å²) in [5.74, 6) is 0.822. The topological polar surface area (TPSA) is 20.2 Å². The molecule has 80 valence electrons. The first-order valence-electron chi connectivity index (χ1n) is 5.67. The number of hydrogen-bond donors (Lipinski definition) is 1. The summed E-state index contributed by atoms with van der Waals surface area (Å²) in [6.07, 6.45) is 4.79. The minimum atomic E-state index is -0.207. The molecular formula is C14H18O. The Morgan fingerprint density at radius 1 is 1.20 bits per heavy atom. The highest BCUT2D eigenvalue weighted by molar-refractivity contribution is 5.20. The Labute approximate surface area is 91.4 Å². The molecule has 0 saturated heterocycles. The van der Waals surface area contributed by atoms with Crippen molar-refractivity contribution in [3.63, 3.8) is 0 Å². The van der Waals surface area contributed by atoms with Crippen LogP contribution in [0, 0.1) is 5.92 Å². The van der Waals surface area contributed by atoms with Crippen LogP contribution < -0.4 is 0 Å². The van der Waals surface area contributed by atoms with E-state index >= 15 is 0 Å². The fraction of sp³-hybridized carbons (Fsp3) is 0.429. The smallest absolute Gasteiger partial charge is 0.0608 e. The molecule has 1 fully saturated rings. The Balaban J connectivity index is 2.06. The van der Waals surface area contributed by atoms with E-state index in [-0.39, 0.29) is 6.10 Å². The van der Waals surface area contributed by atoms with Gasteiger partial charge in [-0.05, 0) is 30.7 Å². The molecule has 0 bridgehead atoms. The summed E-state index contributed by atoms with van der Waals surface area (Å²) in [6, 6.07) is 10.5. The van der Waals surface area contributed by atoms with Crippen molar-refractivity contribution in [2.24, 2.45) is 5.92 Å². The maximum Gasteiger partial charge on any atom is 0.0608 e. The van der Waals surface area contributed by atoms with Crippen molar-refractivity contribution in [3.8, 4) is 0 Å². The fourth-order valence-corrected chi connectivity index (χ4v) is 2.47. The average Bonchev–Trinajstić information content (AvgIpc) is 2.30. The molecule has 2 rings (SSSR count). The maximum absolute atomic E-state index is 9.93. The lowest BCUT2D eigenvalue weighted by Gasteiger charge is -2.31. The van der Waals surface area contributed by atoms with E-state index in [1.54, 1.807) is 0 Å². The largest absolute Gasteiger partial charge is 0.392 e. The molecular weight excluding hydrogens is 184 g/mol. The van der Waals surface area contributed by atoms with Crippen molar-refractivity contribution in [2.75, 3.05) is 0 Å². The molecule has 0 aliphatic heterocycles. The van der Waals surface area contributed by atoms with Gasteiger partial charge in [0.2, 0.25) is 0 Å². The van der Waals surface area contributed by atoms with Crippen LogP contribution in [0.3, 0.4) is 0 Å². The van der Waals surface area contributed by atoms with E-state index in [9.17, 15) is 5.11 Å². The van der Waals surface area contributed by atoms with Gasteiger partial charge in [-0.1, -0.05) is 36.4 Å². The molecule has 0 spiro atoms. The zero-order chi connectivity index (χ0) is 10.7. The molecule has 1 nitrogen and oxygen atoms in total. The number of benzene rings is 1. The molecule has 1 saturated carbocycles. The first kappa shape index (κ1) is 10.4. The Morgan fingerprint density at radius 3 is 2.53 bits per heavy atom. The summed E-state index contributed by atoms with van der Waals surface area (Å²) in [5, 5.41) is 9.93. The van der Waals surface area contributed by atoms with E-state index in [1.165, 1.54) is 5.56 Å². The minimum Gasteiger partial charge on any atom is -0.392 e. The second-order valence-corrected chi connectivity index (χ2v) is 4.39. The van der Waals surface area contributed by atoms with E-state index in [0.29, 0.717) is 11.8 Å². The number of hydrogen-bond acceptors (Lipinski definition) is 1. The van der Waals surface area contributed by atoms with Gasteiger partial charge in [0.1, 0.15) is 0 Å². The van der Waals surface area contributed by atoms with Gasteiger partial charge in [-0.15, -0.1) is 6.58 Å². The highest BCUT2D eigenvalue weighted by atomic mass is 16.3. The number of aliphatic hydroxyl groups excluding tert-OH is 1. The van der Waals surface area contributed by atoms with Crippen LogP contribution in [-0.4, -0.2) is 11.2 Å². The summed E-state index contributed by atoms with van der Waals surface area (Å²) in [5.41, 5.74) is 1.36. The molecule has 1 aliphatic rings. The average molecular weight is 202 g/mol. The highest BCUT2D eigenvalue weighted by Crippen LogP contribution is 2.36. The van der Waals surface area contributed by atoms with E-state index in [4.69, 9.17) is 0 Å². The molecule has 1 heteroatoms. The summed E-state index contributed by atoms with van der Waals surface area (Å²) in [7, 11) is 0. The molecule has 0 aromatic heterocycles.